The molecule has 0 bridgehead atoms. The number of carbonyl (C=O) groups is 1. The van der Waals surface area contributed by atoms with Crippen LogP contribution in [0.2, 0.25) is 0 Å². The fourth-order valence-electron chi connectivity index (χ4n) is 4.23. The summed E-state index contributed by atoms with van der Waals surface area (Å²) in [4.78, 5) is 21.1. The Morgan fingerprint density at radius 2 is 2.13 bits per heavy atom. The number of aromatic nitrogens is 3. The van der Waals surface area contributed by atoms with E-state index in [1.54, 1.807) is 18.3 Å². The Balaban J connectivity index is 1.53. The molecule has 5 rings (SSSR count). The Labute approximate surface area is 217 Å². The molecule has 2 aliphatic rings. The number of nitrogens with two attached hydrogens (primary N) is 1. The number of sulfone groups is 1. The number of rotatable bonds is 8. The van der Waals surface area contributed by atoms with E-state index in [4.69, 9.17) is 24.7 Å². The number of hydrogen-bond donors (Lipinski definition) is 2. The summed E-state index contributed by atoms with van der Waals surface area (Å²) < 4.78 is 50.8. The van der Waals surface area contributed by atoms with Gasteiger partial charge < -0.3 is 29.7 Å². The topological polar surface area (TPSA) is 180 Å². The van der Waals surface area contributed by atoms with Gasteiger partial charge in [-0.05, 0) is 24.3 Å². The largest absolute Gasteiger partial charge is 0.474 e. The summed E-state index contributed by atoms with van der Waals surface area (Å²) in [6.07, 6.45) is 9.27. The Morgan fingerprint density at radius 1 is 1.26 bits per heavy atom. The van der Waals surface area contributed by atoms with E-state index < -0.39 is 26.6 Å². The van der Waals surface area contributed by atoms with Gasteiger partial charge >= 0.3 is 0 Å². The molecule has 0 aromatic carbocycles. The molecular formula is C25H23N5O7S. The number of allylic oxidation sites excluding steroid dienone is 2. The zero-order valence-electron chi connectivity index (χ0n) is 19.9. The molecule has 1 aliphatic heterocycles. The van der Waals surface area contributed by atoms with Crippen LogP contribution in [0.5, 0.6) is 11.6 Å². The van der Waals surface area contributed by atoms with Crippen LogP contribution < -0.4 is 15.2 Å². The lowest BCUT2D eigenvalue weighted by atomic mass is 9.96. The first-order valence-electron chi connectivity index (χ1n) is 11.6. The number of carbonyl (C=O) groups excluding carboxylic acids is 1. The van der Waals surface area contributed by atoms with Crippen LogP contribution in [-0.4, -0.2) is 66.7 Å². The first kappa shape index (κ1) is 25.4. The molecule has 1 aliphatic carbocycles. The van der Waals surface area contributed by atoms with Crippen LogP contribution in [0.4, 0.5) is 0 Å². The van der Waals surface area contributed by atoms with Gasteiger partial charge in [0.05, 0.1) is 30.9 Å². The third-order valence-electron chi connectivity index (χ3n) is 6.10. The van der Waals surface area contributed by atoms with Crippen LogP contribution >= 0.6 is 0 Å². The highest BCUT2D eigenvalue weighted by Crippen LogP contribution is 2.40. The van der Waals surface area contributed by atoms with Gasteiger partial charge in [-0.3, -0.25) is 4.79 Å². The van der Waals surface area contributed by atoms with Gasteiger partial charge in [0.15, 0.2) is 0 Å². The van der Waals surface area contributed by atoms with Crippen molar-refractivity contribution in [1.82, 2.24) is 15.0 Å². The molecule has 3 aromatic heterocycles. The average molecular weight is 538 g/mol. The molecule has 3 aromatic rings. The Kier molecular flexibility index (Phi) is 6.85. The van der Waals surface area contributed by atoms with E-state index in [0.717, 1.165) is 12.3 Å². The molecule has 1 saturated heterocycles. The number of nitriles is 1. The number of fused-ring (bicyclic) bond motifs is 1. The minimum absolute atomic E-state index is 0.0622. The van der Waals surface area contributed by atoms with Crippen LogP contribution in [0.15, 0.2) is 66.0 Å². The van der Waals surface area contributed by atoms with Gasteiger partial charge in [-0.2, -0.15) is 5.26 Å². The maximum Gasteiger partial charge on any atom is 0.246 e. The third-order valence-corrected chi connectivity index (χ3v) is 8.26. The van der Waals surface area contributed by atoms with Crippen molar-refractivity contribution in [3.8, 4) is 17.7 Å². The summed E-state index contributed by atoms with van der Waals surface area (Å²) in [5.41, 5.74) is 6.08. The first-order valence-corrected chi connectivity index (χ1v) is 13.1. The Hall–Kier alpha value is -4.25. The minimum atomic E-state index is -4.55. The minimum Gasteiger partial charge on any atom is -0.474 e. The summed E-state index contributed by atoms with van der Waals surface area (Å²) >= 11 is 0. The molecule has 0 spiro atoms. The second kappa shape index (κ2) is 10.3. The summed E-state index contributed by atoms with van der Waals surface area (Å²) in [6, 6.07) is 6.37. The van der Waals surface area contributed by atoms with Crippen molar-refractivity contribution in [2.24, 2.45) is 11.7 Å². The quantitative estimate of drug-likeness (QED) is 0.426. The van der Waals surface area contributed by atoms with Crippen molar-refractivity contribution >= 4 is 26.8 Å². The fourth-order valence-corrected chi connectivity index (χ4v) is 6.05. The molecule has 3 unspecified atom stereocenters. The number of H-pyrrole nitrogens is 1. The Bertz CT molecular complexity index is 1570. The van der Waals surface area contributed by atoms with Gasteiger partial charge in [0.2, 0.25) is 26.6 Å². The molecule has 3 N–H and O–H groups in total. The van der Waals surface area contributed by atoms with E-state index in [0.29, 0.717) is 30.9 Å². The molecule has 196 valence electrons. The van der Waals surface area contributed by atoms with Gasteiger partial charge in [-0.15, -0.1) is 0 Å². The molecule has 38 heavy (non-hydrogen) atoms. The molecule has 0 radical (unpaired) electrons. The lowest BCUT2D eigenvalue weighted by molar-refractivity contribution is -0.123. The van der Waals surface area contributed by atoms with Gasteiger partial charge in [0.25, 0.3) is 0 Å². The number of hydrogen-bond acceptors (Lipinski definition) is 10. The van der Waals surface area contributed by atoms with E-state index in [2.05, 4.69) is 15.0 Å². The summed E-state index contributed by atoms with van der Waals surface area (Å²) in [6.45, 7) is 1.29. The smallest absolute Gasteiger partial charge is 0.246 e. The standard InChI is InChI=1S/C25H23N5O7S/c26-11-17-10-20(13-30-24(17)36-15-19-14-34-7-8-35-19)38(32,33)25(5-2-1-3-21(25)22(27)31)37-18-9-16-4-6-28-23(16)29-12-18/h1-6,9-10,12-13,19,21H,7-8,14-15H2,(H2,27,31)(H,28,29). The molecule has 0 saturated carbocycles. The predicted octanol–water partition coefficient (Wildman–Crippen LogP) is 1.40. The van der Waals surface area contributed by atoms with E-state index in [1.165, 1.54) is 30.5 Å². The van der Waals surface area contributed by atoms with Gasteiger partial charge in [-0.25, -0.2) is 18.4 Å². The maximum atomic E-state index is 14.2. The SMILES string of the molecule is N#Cc1cc(S(=O)(=O)C2(Oc3cnc4[nH]ccc4c3)C=CC=CC2C(N)=O)cnc1OCC1COCCO1. The van der Waals surface area contributed by atoms with Crippen LogP contribution in [0.25, 0.3) is 11.0 Å². The zero-order valence-corrected chi connectivity index (χ0v) is 20.8. The number of pyridine rings is 2. The lowest BCUT2D eigenvalue weighted by Crippen LogP contribution is -2.54. The van der Waals surface area contributed by atoms with E-state index >= 15 is 0 Å². The predicted molar refractivity (Wildman–Crippen MR) is 133 cm³/mol. The molecule has 12 nitrogen and oxygen atoms in total. The number of ether oxygens (including phenoxy) is 4. The van der Waals surface area contributed by atoms with Crippen molar-refractivity contribution in [3.05, 3.63) is 66.7 Å². The monoisotopic (exact) mass is 537 g/mol. The number of primary amides is 1. The average Bonchev–Trinajstić information content (AvgIpc) is 3.40. The maximum absolute atomic E-state index is 14.2. The van der Waals surface area contributed by atoms with Crippen molar-refractivity contribution in [2.45, 2.75) is 15.9 Å². The molecular weight excluding hydrogens is 514 g/mol. The molecule has 4 heterocycles. The van der Waals surface area contributed by atoms with Crippen molar-refractivity contribution < 1.29 is 32.2 Å². The molecule has 3 atom stereocenters. The third kappa shape index (κ3) is 4.60. The highest BCUT2D eigenvalue weighted by atomic mass is 32.2. The number of nitrogens with zero attached hydrogens (tertiary/aromatic N) is 3. The normalized spacial score (nSPS) is 23.1. The molecule has 13 heteroatoms. The van der Waals surface area contributed by atoms with Crippen LogP contribution in [0.3, 0.4) is 0 Å². The fraction of sp³-hybridized carbons (Fsp3) is 0.280. The highest BCUT2D eigenvalue weighted by Gasteiger charge is 2.54. The zero-order chi connectivity index (χ0) is 26.8. The Morgan fingerprint density at radius 3 is 2.89 bits per heavy atom. The number of aromatic amines is 1. The van der Waals surface area contributed by atoms with Gasteiger partial charge in [0, 0.05) is 17.8 Å². The van der Waals surface area contributed by atoms with Gasteiger partial charge in [0.1, 0.15) is 41.7 Å². The van der Waals surface area contributed by atoms with Crippen LogP contribution in [-0.2, 0) is 24.1 Å². The lowest BCUT2D eigenvalue weighted by Gasteiger charge is -2.36. The second-order valence-corrected chi connectivity index (χ2v) is 10.7. The molecule has 1 amide bonds. The second-order valence-electron chi connectivity index (χ2n) is 8.55. The van der Waals surface area contributed by atoms with Crippen molar-refractivity contribution in [1.29, 1.82) is 5.26 Å². The van der Waals surface area contributed by atoms with Crippen molar-refractivity contribution in [3.63, 3.8) is 0 Å². The number of nitrogens with one attached hydrogen (secondary N) is 1. The first-order chi connectivity index (χ1) is 18.3. The van der Waals surface area contributed by atoms with E-state index in [1.807, 2.05) is 6.07 Å². The van der Waals surface area contributed by atoms with E-state index in [-0.39, 0.29) is 34.8 Å². The van der Waals surface area contributed by atoms with Crippen LogP contribution in [0, 0.1) is 17.2 Å². The van der Waals surface area contributed by atoms with E-state index in [9.17, 15) is 18.5 Å². The van der Waals surface area contributed by atoms with Gasteiger partial charge in [-0.1, -0.05) is 18.2 Å². The van der Waals surface area contributed by atoms with Crippen molar-refractivity contribution in [2.75, 3.05) is 26.4 Å². The highest BCUT2D eigenvalue weighted by molar-refractivity contribution is 7.93. The molecule has 1 fully saturated rings. The number of amides is 1. The van der Waals surface area contributed by atoms with Crippen LogP contribution in [0.1, 0.15) is 5.56 Å². The summed E-state index contributed by atoms with van der Waals surface area (Å²) in [5.74, 6) is -2.30. The summed E-state index contributed by atoms with van der Waals surface area (Å²) in [7, 11) is -4.55. The summed E-state index contributed by atoms with van der Waals surface area (Å²) in [5, 5.41) is 10.4.